The van der Waals surface area contributed by atoms with Gasteiger partial charge in [-0.3, -0.25) is 9.59 Å². The molecule has 0 atom stereocenters. The molecule has 0 aliphatic carbocycles. The summed E-state index contributed by atoms with van der Waals surface area (Å²) in [6.45, 7) is 5.73. The first kappa shape index (κ1) is 14.3. The third-order valence-electron chi connectivity index (χ3n) is 4.05. The number of nitrogens with one attached hydrogen (secondary N) is 2. The van der Waals surface area contributed by atoms with E-state index in [1.54, 1.807) is 12.1 Å². The van der Waals surface area contributed by atoms with Crippen molar-refractivity contribution in [2.24, 2.45) is 0 Å². The van der Waals surface area contributed by atoms with Gasteiger partial charge in [-0.1, -0.05) is 18.2 Å². The minimum absolute atomic E-state index is 0.0428. The highest BCUT2D eigenvalue weighted by Gasteiger charge is 2.38. The summed E-state index contributed by atoms with van der Waals surface area (Å²) in [5, 5.41) is 5.71. The SMILES string of the molecule is Cc1cccc(NC(=O)c2ccc3c(c2)NC(=O)C3(C)C)c1. The molecule has 0 bridgehead atoms. The minimum atomic E-state index is -0.555. The van der Waals surface area contributed by atoms with Crippen LogP contribution in [0, 0.1) is 6.92 Å². The van der Waals surface area contributed by atoms with Crippen LogP contribution in [0.5, 0.6) is 0 Å². The summed E-state index contributed by atoms with van der Waals surface area (Å²) in [6.07, 6.45) is 0. The van der Waals surface area contributed by atoms with Gasteiger partial charge in [0.25, 0.3) is 5.91 Å². The summed E-state index contributed by atoms with van der Waals surface area (Å²) in [6, 6.07) is 13.0. The zero-order chi connectivity index (χ0) is 15.9. The fourth-order valence-corrected chi connectivity index (χ4v) is 2.66. The maximum absolute atomic E-state index is 12.3. The Bertz CT molecular complexity index is 778. The van der Waals surface area contributed by atoms with E-state index in [0.717, 1.165) is 16.8 Å². The van der Waals surface area contributed by atoms with E-state index in [1.165, 1.54) is 0 Å². The van der Waals surface area contributed by atoms with Crippen LogP contribution in [-0.2, 0) is 10.2 Å². The van der Waals surface area contributed by atoms with Crippen LogP contribution < -0.4 is 10.6 Å². The van der Waals surface area contributed by atoms with E-state index < -0.39 is 5.41 Å². The Kier molecular flexibility index (Phi) is 3.24. The fourth-order valence-electron chi connectivity index (χ4n) is 2.66. The van der Waals surface area contributed by atoms with Crippen molar-refractivity contribution >= 4 is 23.2 Å². The van der Waals surface area contributed by atoms with Gasteiger partial charge in [-0.15, -0.1) is 0 Å². The second-order valence-corrected chi connectivity index (χ2v) is 6.16. The van der Waals surface area contributed by atoms with Crippen LogP contribution in [0.3, 0.4) is 0 Å². The monoisotopic (exact) mass is 294 g/mol. The zero-order valence-corrected chi connectivity index (χ0v) is 12.9. The molecule has 3 rings (SSSR count). The van der Waals surface area contributed by atoms with E-state index in [4.69, 9.17) is 0 Å². The van der Waals surface area contributed by atoms with Crippen LogP contribution in [0.1, 0.15) is 35.3 Å². The van der Waals surface area contributed by atoms with Gasteiger partial charge in [-0.25, -0.2) is 0 Å². The van der Waals surface area contributed by atoms with E-state index in [0.29, 0.717) is 11.3 Å². The molecular formula is C18H18N2O2. The number of hydrogen-bond acceptors (Lipinski definition) is 2. The summed E-state index contributed by atoms with van der Waals surface area (Å²) >= 11 is 0. The molecule has 1 aliphatic heterocycles. The molecular weight excluding hydrogens is 276 g/mol. The Hall–Kier alpha value is -2.62. The first-order valence-electron chi connectivity index (χ1n) is 7.22. The summed E-state index contributed by atoms with van der Waals surface area (Å²) in [4.78, 5) is 24.3. The Morgan fingerprint density at radius 3 is 2.64 bits per heavy atom. The van der Waals surface area contributed by atoms with Crippen molar-refractivity contribution in [3.05, 3.63) is 59.2 Å². The molecule has 4 nitrogen and oxygen atoms in total. The molecule has 112 valence electrons. The Balaban J connectivity index is 1.86. The molecule has 0 unspecified atom stereocenters. The van der Waals surface area contributed by atoms with Crippen LogP contribution in [0.4, 0.5) is 11.4 Å². The van der Waals surface area contributed by atoms with E-state index in [9.17, 15) is 9.59 Å². The Morgan fingerprint density at radius 1 is 1.14 bits per heavy atom. The van der Waals surface area contributed by atoms with Gasteiger partial charge in [-0.2, -0.15) is 0 Å². The van der Waals surface area contributed by atoms with Crippen LogP contribution in [-0.4, -0.2) is 11.8 Å². The number of benzene rings is 2. The fraction of sp³-hybridized carbons (Fsp3) is 0.222. The number of rotatable bonds is 2. The van der Waals surface area contributed by atoms with Crippen LogP contribution in [0.15, 0.2) is 42.5 Å². The quantitative estimate of drug-likeness (QED) is 0.891. The number of hydrogen-bond donors (Lipinski definition) is 2. The molecule has 0 radical (unpaired) electrons. The summed E-state index contributed by atoms with van der Waals surface area (Å²) in [5.74, 6) is -0.230. The highest BCUT2D eigenvalue weighted by Crippen LogP contribution is 2.37. The number of carbonyl (C=O) groups is 2. The number of carbonyl (C=O) groups excluding carboxylic acids is 2. The Morgan fingerprint density at radius 2 is 1.91 bits per heavy atom. The molecule has 4 heteroatoms. The molecule has 2 aromatic rings. The predicted octanol–water partition coefficient (Wildman–Crippen LogP) is 3.48. The lowest BCUT2D eigenvalue weighted by atomic mass is 9.86. The minimum Gasteiger partial charge on any atom is -0.325 e. The van der Waals surface area contributed by atoms with E-state index >= 15 is 0 Å². The number of fused-ring (bicyclic) bond motifs is 1. The van der Waals surface area contributed by atoms with Crippen molar-refractivity contribution in [3.8, 4) is 0 Å². The normalized spacial score (nSPS) is 15.1. The molecule has 1 heterocycles. The first-order chi connectivity index (χ1) is 10.4. The highest BCUT2D eigenvalue weighted by molar-refractivity contribution is 6.09. The number of amides is 2. The lowest BCUT2D eigenvalue weighted by molar-refractivity contribution is -0.119. The van der Waals surface area contributed by atoms with Crippen LogP contribution >= 0.6 is 0 Å². The summed E-state index contributed by atoms with van der Waals surface area (Å²) in [7, 11) is 0. The van der Waals surface area contributed by atoms with Crippen LogP contribution in [0.25, 0.3) is 0 Å². The summed E-state index contributed by atoms with van der Waals surface area (Å²) < 4.78 is 0. The lowest BCUT2D eigenvalue weighted by Gasteiger charge is -2.15. The van der Waals surface area contributed by atoms with Gasteiger partial charge in [0.15, 0.2) is 0 Å². The lowest BCUT2D eigenvalue weighted by Crippen LogP contribution is -2.26. The number of anilines is 2. The molecule has 22 heavy (non-hydrogen) atoms. The molecule has 0 aromatic heterocycles. The molecule has 1 aliphatic rings. The van der Waals surface area contributed by atoms with Crippen LogP contribution in [0.2, 0.25) is 0 Å². The average molecular weight is 294 g/mol. The molecule has 0 saturated carbocycles. The molecule has 0 saturated heterocycles. The molecule has 0 fully saturated rings. The van der Waals surface area contributed by atoms with E-state index in [-0.39, 0.29) is 11.8 Å². The predicted molar refractivity (Wildman–Crippen MR) is 87.2 cm³/mol. The molecule has 2 aromatic carbocycles. The van der Waals surface area contributed by atoms with Crippen molar-refractivity contribution < 1.29 is 9.59 Å². The van der Waals surface area contributed by atoms with E-state index in [2.05, 4.69) is 10.6 Å². The second-order valence-electron chi connectivity index (χ2n) is 6.16. The average Bonchev–Trinajstić information content (AvgIpc) is 2.68. The summed E-state index contributed by atoms with van der Waals surface area (Å²) in [5.41, 5.74) is 3.45. The van der Waals surface area contributed by atoms with Gasteiger partial charge in [0.2, 0.25) is 5.91 Å². The van der Waals surface area contributed by atoms with Crippen molar-refractivity contribution in [2.75, 3.05) is 10.6 Å². The topological polar surface area (TPSA) is 58.2 Å². The Labute approximate surface area is 129 Å². The van der Waals surface area contributed by atoms with Gasteiger partial charge in [0.1, 0.15) is 0 Å². The van der Waals surface area contributed by atoms with Crippen molar-refractivity contribution in [1.29, 1.82) is 0 Å². The maximum Gasteiger partial charge on any atom is 0.255 e. The van der Waals surface area contributed by atoms with Crippen molar-refractivity contribution in [1.82, 2.24) is 0 Å². The van der Waals surface area contributed by atoms with Gasteiger partial charge in [0.05, 0.1) is 5.41 Å². The standard InChI is InChI=1S/C18H18N2O2/c1-11-5-4-6-13(9-11)19-16(21)12-7-8-14-15(10-12)20-17(22)18(14,2)3/h4-10H,1-3H3,(H,19,21)(H,20,22). The smallest absolute Gasteiger partial charge is 0.255 e. The van der Waals surface area contributed by atoms with Gasteiger partial charge < -0.3 is 10.6 Å². The largest absolute Gasteiger partial charge is 0.325 e. The maximum atomic E-state index is 12.3. The molecule has 2 N–H and O–H groups in total. The highest BCUT2D eigenvalue weighted by atomic mass is 16.2. The third-order valence-corrected chi connectivity index (χ3v) is 4.05. The van der Waals surface area contributed by atoms with E-state index in [1.807, 2.05) is 51.1 Å². The van der Waals surface area contributed by atoms with Crippen molar-refractivity contribution in [3.63, 3.8) is 0 Å². The number of aryl methyl sites for hydroxylation is 1. The molecule has 0 spiro atoms. The zero-order valence-electron chi connectivity index (χ0n) is 12.9. The first-order valence-corrected chi connectivity index (χ1v) is 7.22. The van der Waals surface area contributed by atoms with Crippen molar-refractivity contribution in [2.45, 2.75) is 26.2 Å². The molecule has 2 amide bonds. The van der Waals surface area contributed by atoms with Gasteiger partial charge in [0, 0.05) is 16.9 Å². The second kappa shape index (κ2) is 4.98. The van der Waals surface area contributed by atoms with Gasteiger partial charge in [-0.05, 0) is 56.2 Å². The third kappa shape index (κ3) is 2.37. The van der Waals surface area contributed by atoms with Gasteiger partial charge >= 0.3 is 0 Å².